The molecule has 2 fully saturated rings. The highest BCUT2D eigenvalue weighted by atomic mass is 16.5. The molecule has 0 aromatic rings. The lowest BCUT2D eigenvalue weighted by Crippen LogP contribution is -2.37. The molecule has 0 aromatic heterocycles. The second-order valence-electron chi connectivity index (χ2n) is 6.41. The minimum Gasteiger partial charge on any atom is -0.396 e. The quantitative estimate of drug-likeness (QED) is 0.660. The van der Waals surface area contributed by atoms with Gasteiger partial charge in [-0.25, -0.2) is 0 Å². The maximum absolute atomic E-state index is 11.8. The Labute approximate surface area is 128 Å². The lowest BCUT2D eigenvalue weighted by Gasteiger charge is -2.22. The molecule has 21 heavy (non-hydrogen) atoms. The summed E-state index contributed by atoms with van der Waals surface area (Å²) in [7, 11) is 0. The van der Waals surface area contributed by atoms with Crippen molar-refractivity contribution >= 4 is 5.91 Å². The molecule has 0 bridgehead atoms. The van der Waals surface area contributed by atoms with Crippen LogP contribution in [0.15, 0.2) is 0 Å². The van der Waals surface area contributed by atoms with Crippen LogP contribution in [0.3, 0.4) is 0 Å². The molecule has 0 spiro atoms. The van der Waals surface area contributed by atoms with Gasteiger partial charge in [0.15, 0.2) is 0 Å². The van der Waals surface area contributed by atoms with Crippen LogP contribution in [0.5, 0.6) is 0 Å². The molecule has 1 saturated heterocycles. The maximum atomic E-state index is 11.8. The van der Waals surface area contributed by atoms with Gasteiger partial charge in [0, 0.05) is 26.3 Å². The van der Waals surface area contributed by atoms with E-state index in [1.54, 1.807) is 0 Å². The second-order valence-corrected chi connectivity index (χ2v) is 6.41. The molecule has 1 saturated carbocycles. The van der Waals surface area contributed by atoms with Gasteiger partial charge < -0.3 is 15.2 Å². The van der Waals surface area contributed by atoms with Crippen molar-refractivity contribution in [2.75, 3.05) is 39.4 Å². The Morgan fingerprint density at radius 2 is 2.05 bits per heavy atom. The zero-order valence-electron chi connectivity index (χ0n) is 13.1. The highest BCUT2D eigenvalue weighted by Crippen LogP contribution is 2.20. The fourth-order valence-electron chi connectivity index (χ4n) is 3.25. The number of carbonyl (C=O) groups excluding carboxylic acids is 1. The fraction of sp³-hybridized carbons (Fsp3) is 0.938. The predicted octanol–water partition coefficient (Wildman–Crippen LogP) is 1.16. The number of carbonyl (C=O) groups is 1. The molecule has 1 heterocycles. The Hall–Kier alpha value is -0.650. The van der Waals surface area contributed by atoms with Crippen molar-refractivity contribution in [3.8, 4) is 0 Å². The predicted molar refractivity (Wildman–Crippen MR) is 82.1 cm³/mol. The third-order valence-corrected chi connectivity index (χ3v) is 4.54. The number of nitrogens with one attached hydrogen (secondary N) is 1. The average molecular weight is 298 g/mol. The average Bonchev–Trinajstić information content (AvgIpc) is 2.95. The molecule has 0 radical (unpaired) electrons. The van der Waals surface area contributed by atoms with Crippen LogP contribution in [-0.2, 0) is 9.53 Å². The fourth-order valence-corrected chi connectivity index (χ4v) is 3.25. The summed E-state index contributed by atoms with van der Waals surface area (Å²) in [5, 5.41) is 12.0. The van der Waals surface area contributed by atoms with Crippen LogP contribution >= 0.6 is 0 Å². The summed E-state index contributed by atoms with van der Waals surface area (Å²) in [5.41, 5.74) is 0. The van der Waals surface area contributed by atoms with Gasteiger partial charge in [-0.1, -0.05) is 19.3 Å². The monoisotopic (exact) mass is 298 g/mol. The number of ether oxygens (including phenoxy) is 1. The molecule has 122 valence electrons. The van der Waals surface area contributed by atoms with Gasteiger partial charge in [0.2, 0.25) is 5.91 Å². The molecule has 1 unspecified atom stereocenters. The van der Waals surface area contributed by atoms with Crippen LogP contribution in [0.4, 0.5) is 0 Å². The van der Waals surface area contributed by atoms with Gasteiger partial charge in [0.25, 0.3) is 0 Å². The number of amides is 1. The van der Waals surface area contributed by atoms with Crippen molar-refractivity contribution in [3.63, 3.8) is 0 Å². The smallest absolute Gasteiger partial charge is 0.234 e. The molecule has 2 N–H and O–H groups in total. The van der Waals surface area contributed by atoms with E-state index >= 15 is 0 Å². The Balaban J connectivity index is 1.45. The molecular formula is C16H30N2O3. The minimum absolute atomic E-state index is 0.0891. The molecule has 5 heteroatoms. The van der Waals surface area contributed by atoms with E-state index < -0.39 is 0 Å². The van der Waals surface area contributed by atoms with Crippen LogP contribution in [0.1, 0.15) is 44.9 Å². The highest BCUT2D eigenvalue weighted by Gasteiger charge is 2.23. The van der Waals surface area contributed by atoms with Crippen molar-refractivity contribution in [1.82, 2.24) is 10.2 Å². The van der Waals surface area contributed by atoms with Gasteiger partial charge >= 0.3 is 0 Å². The normalized spacial score (nSPS) is 24.3. The maximum Gasteiger partial charge on any atom is 0.234 e. The zero-order chi connectivity index (χ0) is 14.9. The van der Waals surface area contributed by atoms with E-state index in [9.17, 15) is 4.79 Å². The molecule has 2 rings (SSSR count). The third-order valence-electron chi connectivity index (χ3n) is 4.54. The van der Waals surface area contributed by atoms with Crippen molar-refractivity contribution < 1.29 is 14.6 Å². The number of aliphatic hydroxyl groups excluding tert-OH is 1. The summed E-state index contributed by atoms with van der Waals surface area (Å²) in [6.45, 7) is 3.90. The summed E-state index contributed by atoms with van der Waals surface area (Å²) in [5.74, 6) is 0.438. The van der Waals surface area contributed by atoms with E-state index in [0.29, 0.717) is 25.1 Å². The standard InChI is InChI=1S/C16H30N2O3/c19-13-14-7-9-18(11-14)12-16(20)17-8-4-10-21-15-5-2-1-3-6-15/h14-15,19H,1-13H2,(H,17,20). The minimum atomic E-state index is 0.0891. The first-order valence-corrected chi connectivity index (χ1v) is 8.49. The van der Waals surface area contributed by atoms with E-state index in [0.717, 1.165) is 32.5 Å². The summed E-state index contributed by atoms with van der Waals surface area (Å²) in [6.07, 6.45) is 8.69. The molecule has 2 aliphatic rings. The van der Waals surface area contributed by atoms with E-state index in [2.05, 4.69) is 10.2 Å². The topological polar surface area (TPSA) is 61.8 Å². The Morgan fingerprint density at radius 1 is 1.24 bits per heavy atom. The highest BCUT2D eigenvalue weighted by molar-refractivity contribution is 5.78. The molecular weight excluding hydrogens is 268 g/mol. The largest absolute Gasteiger partial charge is 0.396 e. The van der Waals surface area contributed by atoms with Crippen molar-refractivity contribution in [2.24, 2.45) is 5.92 Å². The first kappa shape index (κ1) is 16.7. The van der Waals surface area contributed by atoms with Gasteiger partial charge in [0.1, 0.15) is 0 Å². The molecule has 1 amide bonds. The first-order chi connectivity index (χ1) is 10.3. The van der Waals surface area contributed by atoms with Crippen molar-refractivity contribution in [2.45, 2.75) is 51.0 Å². The lowest BCUT2D eigenvalue weighted by atomic mass is 9.98. The van der Waals surface area contributed by atoms with Gasteiger partial charge in [-0.15, -0.1) is 0 Å². The SMILES string of the molecule is O=C(CN1CCC(CO)C1)NCCCOC1CCCCC1. The molecule has 1 atom stereocenters. The summed E-state index contributed by atoms with van der Waals surface area (Å²) < 4.78 is 5.84. The van der Waals surface area contributed by atoms with Crippen LogP contribution in [0.2, 0.25) is 0 Å². The molecule has 0 aromatic carbocycles. The first-order valence-electron chi connectivity index (χ1n) is 8.49. The number of hydrogen-bond donors (Lipinski definition) is 2. The van der Waals surface area contributed by atoms with Gasteiger partial charge in [-0.05, 0) is 38.1 Å². The number of aliphatic hydroxyl groups is 1. The van der Waals surface area contributed by atoms with Gasteiger partial charge in [-0.3, -0.25) is 9.69 Å². The lowest BCUT2D eigenvalue weighted by molar-refractivity contribution is -0.122. The number of hydrogen-bond acceptors (Lipinski definition) is 4. The van der Waals surface area contributed by atoms with Crippen LogP contribution in [0, 0.1) is 5.92 Å². The second kappa shape index (κ2) is 9.38. The van der Waals surface area contributed by atoms with Crippen LogP contribution < -0.4 is 5.32 Å². The number of nitrogens with zero attached hydrogens (tertiary/aromatic N) is 1. The van der Waals surface area contributed by atoms with Crippen LogP contribution in [0.25, 0.3) is 0 Å². The Bertz CT molecular complexity index is 306. The van der Waals surface area contributed by atoms with Gasteiger partial charge in [0.05, 0.1) is 12.6 Å². The van der Waals surface area contributed by atoms with Crippen LogP contribution in [-0.4, -0.2) is 61.4 Å². The molecule has 1 aliphatic heterocycles. The van der Waals surface area contributed by atoms with E-state index in [-0.39, 0.29) is 12.5 Å². The van der Waals surface area contributed by atoms with Crippen molar-refractivity contribution in [3.05, 3.63) is 0 Å². The van der Waals surface area contributed by atoms with Crippen molar-refractivity contribution in [1.29, 1.82) is 0 Å². The molecule has 5 nitrogen and oxygen atoms in total. The zero-order valence-corrected chi connectivity index (χ0v) is 13.1. The van der Waals surface area contributed by atoms with E-state index in [1.165, 1.54) is 32.1 Å². The summed E-state index contributed by atoms with van der Waals surface area (Å²) in [6, 6.07) is 0. The number of rotatable bonds is 8. The number of likely N-dealkylation sites (tertiary alicyclic amines) is 1. The third kappa shape index (κ3) is 6.32. The Kier molecular flexibility index (Phi) is 7.47. The molecule has 1 aliphatic carbocycles. The van der Waals surface area contributed by atoms with E-state index in [4.69, 9.17) is 9.84 Å². The Morgan fingerprint density at radius 3 is 2.76 bits per heavy atom. The van der Waals surface area contributed by atoms with Gasteiger partial charge in [-0.2, -0.15) is 0 Å². The van der Waals surface area contributed by atoms with E-state index in [1.807, 2.05) is 0 Å². The summed E-state index contributed by atoms with van der Waals surface area (Å²) >= 11 is 0. The summed E-state index contributed by atoms with van der Waals surface area (Å²) in [4.78, 5) is 13.9.